The molecule has 2 heterocycles. The van der Waals surface area contributed by atoms with E-state index in [0.29, 0.717) is 6.42 Å². The van der Waals surface area contributed by atoms with Gasteiger partial charge in [0.2, 0.25) is 0 Å². The molecule has 0 radical (unpaired) electrons. The summed E-state index contributed by atoms with van der Waals surface area (Å²) in [6, 6.07) is 17.7. The van der Waals surface area contributed by atoms with Crippen LogP contribution in [-0.2, 0) is 30.6 Å². The predicted molar refractivity (Wildman–Crippen MR) is 149 cm³/mol. The number of carbonyl (C=O) groups is 1. The highest BCUT2D eigenvalue weighted by Crippen LogP contribution is 2.26. The Morgan fingerprint density at radius 3 is 2.29 bits per heavy atom. The van der Waals surface area contributed by atoms with Gasteiger partial charge < -0.3 is 5.11 Å². The Balaban J connectivity index is 0.00000216. The van der Waals surface area contributed by atoms with Crippen LogP contribution >= 0.6 is 24.8 Å². The van der Waals surface area contributed by atoms with Crippen molar-refractivity contribution in [2.75, 3.05) is 26.2 Å². The van der Waals surface area contributed by atoms with Crippen LogP contribution < -0.4 is 0 Å². The topological polar surface area (TPSA) is 43.8 Å². The molecule has 1 saturated heterocycles. The lowest BCUT2D eigenvalue weighted by molar-refractivity contribution is -0.144. The van der Waals surface area contributed by atoms with Crippen molar-refractivity contribution in [1.29, 1.82) is 0 Å². The molecule has 0 aromatic heterocycles. The number of nitrogens with zero attached hydrogens (tertiary/aromatic N) is 2. The van der Waals surface area contributed by atoms with E-state index < -0.39 is 5.97 Å². The minimum atomic E-state index is -0.664. The van der Waals surface area contributed by atoms with Crippen molar-refractivity contribution in [3.8, 4) is 0 Å². The normalized spacial score (nSPS) is 18.0. The lowest BCUT2D eigenvalue weighted by Crippen LogP contribution is -2.45. The van der Waals surface area contributed by atoms with Crippen LogP contribution in [0.1, 0.15) is 61.3 Å². The number of aryl methyl sites for hydroxylation is 1. The molecule has 1 fully saturated rings. The van der Waals surface area contributed by atoms with Crippen LogP contribution in [0.3, 0.4) is 0 Å². The molecule has 0 spiro atoms. The van der Waals surface area contributed by atoms with Crippen molar-refractivity contribution in [2.24, 2.45) is 5.92 Å². The third-order valence-corrected chi connectivity index (χ3v) is 7.75. The number of piperidine rings is 1. The summed E-state index contributed by atoms with van der Waals surface area (Å²) in [5.74, 6) is 0.0854. The summed E-state index contributed by atoms with van der Waals surface area (Å²) >= 11 is 0. The molecular weight excluding hydrogens is 479 g/mol. The Morgan fingerprint density at radius 2 is 1.63 bits per heavy atom. The summed E-state index contributed by atoms with van der Waals surface area (Å²) in [5.41, 5.74) is 5.98. The summed E-state index contributed by atoms with van der Waals surface area (Å²) in [6.45, 7) is 7.18. The van der Waals surface area contributed by atoms with Crippen LogP contribution in [0.15, 0.2) is 48.5 Å². The van der Waals surface area contributed by atoms with Gasteiger partial charge in [-0.2, -0.15) is 0 Å². The minimum Gasteiger partial charge on any atom is -0.480 e. The molecule has 1 N–H and O–H groups in total. The molecule has 1 atom stereocenters. The summed E-state index contributed by atoms with van der Waals surface area (Å²) in [6.07, 6.45) is 8.94. The van der Waals surface area contributed by atoms with Crippen molar-refractivity contribution in [3.05, 3.63) is 70.8 Å². The molecule has 2 aromatic carbocycles. The number of carboxylic acids is 1. The second kappa shape index (κ2) is 14.8. The summed E-state index contributed by atoms with van der Waals surface area (Å²) in [4.78, 5) is 16.2. The number of likely N-dealkylation sites (tertiary alicyclic amines) is 1. The van der Waals surface area contributed by atoms with Gasteiger partial charge in [0.1, 0.15) is 6.04 Å². The maximum absolute atomic E-state index is 11.4. The van der Waals surface area contributed by atoms with E-state index in [4.69, 9.17) is 0 Å². The monoisotopic (exact) mass is 520 g/mol. The van der Waals surface area contributed by atoms with E-state index >= 15 is 0 Å². The first-order valence-electron chi connectivity index (χ1n) is 13.0. The van der Waals surface area contributed by atoms with Gasteiger partial charge in [0.15, 0.2) is 0 Å². The molecule has 0 aliphatic carbocycles. The smallest absolute Gasteiger partial charge is 0.320 e. The molecule has 6 heteroatoms. The number of aliphatic carboxylic acids is 1. The van der Waals surface area contributed by atoms with Gasteiger partial charge in [0.25, 0.3) is 0 Å². The van der Waals surface area contributed by atoms with Crippen LogP contribution in [0.5, 0.6) is 0 Å². The lowest BCUT2D eigenvalue weighted by atomic mass is 9.89. The van der Waals surface area contributed by atoms with Gasteiger partial charge in [0.05, 0.1) is 0 Å². The van der Waals surface area contributed by atoms with Gasteiger partial charge in [-0.25, -0.2) is 0 Å². The van der Waals surface area contributed by atoms with Gasteiger partial charge in [-0.15, -0.1) is 24.8 Å². The number of halogens is 2. The fraction of sp³-hybridized carbons (Fsp3) is 0.552. The molecule has 2 aliphatic heterocycles. The Morgan fingerprint density at radius 1 is 0.943 bits per heavy atom. The lowest BCUT2D eigenvalue weighted by Gasteiger charge is -2.35. The number of hydrogen-bond acceptors (Lipinski definition) is 3. The standard InChI is InChI=1S/C29H40N2O2.2ClH/c1-2-28(29(32)33)31-19-13-23(14-20-31)9-6-10-24-11-12-26-15-17-30(18-16-27(26)21-24)22-25-7-4-3-5-8-25;;/h3-5,7-8,11-12,21,23,28H,2,6,9-10,13-20,22H2,1H3,(H,32,33);2*1H. The SMILES string of the molecule is CCC(C(=O)O)N1CCC(CCCc2ccc3c(c2)CCN(Cc2ccccc2)CC3)CC1.Cl.Cl. The van der Waals surface area contributed by atoms with Crippen molar-refractivity contribution < 1.29 is 9.90 Å². The first kappa shape index (κ1) is 29.6. The predicted octanol–water partition coefficient (Wildman–Crippen LogP) is 6.03. The maximum atomic E-state index is 11.4. The van der Waals surface area contributed by atoms with Gasteiger partial charge in [-0.3, -0.25) is 14.6 Å². The zero-order valence-corrected chi connectivity index (χ0v) is 22.7. The Kier molecular flexibility index (Phi) is 12.6. The fourth-order valence-corrected chi connectivity index (χ4v) is 5.72. The Bertz CT molecular complexity index is 901. The van der Waals surface area contributed by atoms with E-state index in [-0.39, 0.29) is 30.9 Å². The average molecular weight is 522 g/mol. The minimum absolute atomic E-state index is 0. The Hall–Kier alpha value is -1.59. The zero-order valence-electron chi connectivity index (χ0n) is 21.0. The van der Waals surface area contributed by atoms with Gasteiger partial charge in [-0.05, 0) is 86.2 Å². The molecule has 0 saturated carbocycles. The molecule has 0 amide bonds. The van der Waals surface area contributed by atoms with Crippen LogP contribution in [-0.4, -0.2) is 53.1 Å². The molecule has 2 aliphatic rings. The Labute approximate surface area is 223 Å². The van der Waals surface area contributed by atoms with Gasteiger partial charge in [0, 0.05) is 19.6 Å². The summed E-state index contributed by atoms with van der Waals surface area (Å²) < 4.78 is 0. The van der Waals surface area contributed by atoms with E-state index in [9.17, 15) is 9.90 Å². The van der Waals surface area contributed by atoms with Crippen LogP contribution in [0.4, 0.5) is 0 Å². The molecule has 194 valence electrons. The number of hydrogen-bond donors (Lipinski definition) is 1. The van der Waals surface area contributed by atoms with E-state index in [0.717, 1.165) is 70.7 Å². The molecule has 2 aromatic rings. The first-order valence-corrected chi connectivity index (χ1v) is 13.0. The summed E-state index contributed by atoms with van der Waals surface area (Å²) in [7, 11) is 0. The number of benzene rings is 2. The first-order chi connectivity index (χ1) is 16.1. The summed E-state index contributed by atoms with van der Waals surface area (Å²) in [5, 5.41) is 9.40. The van der Waals surface area contributed by atoms with Crippen molar-refractivity contribution in [1.82, 2.24) is 9.80 Å². The highest BCUT2D eigenvalue weighted by molar-refractivity contribution is 5.85. The van der Waals surface area contributed by atoms with Crippen LogP contribution in [0, 0.1) is 5.92 Å². The molecule has 0 bridgehead atoms. The highest BCUT2D eigenvalue weighted by Gasteiger charge is 2.28. The maximum Gasteiger partial charge on any atom is 0.320 e. The van der Waals surface area contributed by atoms with Crippen molar-refractivity contribution in [3.63, 3.8) is 0 Å². The van der Waals surface area contributed by atoms with Crippen LogP contribution in [0.25, 0.3) is 0 Å². The van der Waals surface area contributed by atoms with Gasteiger partial charge in [-0.1, -0.05) is 61.9 Å². The number of carboxylic acid groups (broad SMARTS) is 1. The highest BCUT2D eigenvalue weighted by atomic mass is 35.5. The average Bonchev–Trinajstić information content (AvgIpc) is 3.03. The van der Waals surface area contributed by atoms with E-state index in [1.807, 2.05) is 6.92 Å². The largest absolute Gasteiger partial charge is 0.480 e. The third-order valence-electron chi connectivity index (χ3n) is 7.75. The molecule has 4 nitrogen and oxygen atoms in total. The van der Waals surface area contributed by atoms with E-state index in [1.54, 1.807) is 5.56 Å². The second-order valence-corrected chi connectivity index (χ2v) is 10.00. The fourth-order valence-electron chi connectivity index (χ4n) is 5.72. The van der Waals surface area contributed by atoms with E-state index in [1.165, 1.54) is 29.5 Å². The molecule has 35 heavy (non-hydrogen) atoms. The van der Waals surface area contributed by atoms with Crippen LogP contribution in [0.2, 0.25) is 0 Å². The zero-order chi connectivity index (χ0) is 23.0. The molecule has 1 unspecified atom stereocenters. The molecular formula is C29H42Cl2N2O2. The number of fused-ring (bicyclic) bond motifs is 1. The van der Waals surface area contributed by atoms with E-state index in [2.05, 4.69) is 58.3 Å². The molecule has 4 rings (SSSR count). The second-order valence-electron chi connectivity index (χ2n) is 10.00. The van der Waals surface area contributed by atoms with Crippen molar-refractivity contribution in [2.45, 2.75) is 70.9 Å². The number of rotatable bonds is 9. The van der Waals surface area contributed by atoms with Crippen molar-refractivity contribution >= 4 is 30.8 Å². The quantitative estimate of drug-likeness (QED) is 0.438. The third kappa shape index (κ3) is 8.49. The van der Waals surface area contributed by atoms with Gasteiger partial charge >= 0.3 is 5.97 Å².